The van der Waals surface area contributed by atoms with E-state index in [-0.39, 0.29) is 10.9 Å². The molecule has 3 nitrogen and oxygen atoms in total. The normalized spacial score (nSPS) is 17.7. The number of rotatable bonds is 0. The SMILES string of the molecule is O=C1N=CNC1=S. The predicted molar refractivity (Wildman–Crippen MR) is 29.2 cm³/mol. The van der Waals surface area contributed by atoms with E-state index in [0.717, 1.165) is 0 Å². The molecule has 0 spiro atoms. The molecule has 0 saturated heterocycles. The van der Waals surface area contributed by atoms with E-state index in [1.54, 1.807) is 0 Å². The van der Waals surface area contributed by atoms with Gasteiger partial charge in [-0.3, -0.25) is 4.79 Å². The van der Waals surface area contributed by atoms with Crippen LogP contribution in [0.15, 0.2) is 4.99 Å². The summed E-state index contributed by atoms with van der Waals surface area (Å²) in [5.74, 6) is -0.352. The molecule has 0 radical (unpaired) electrons. The number of aliphatic imine (C=N–C) groups is 1. The third kappa shape index (κ3) is 0.640. The van der Waals surface area contributed by atoms with E-state index < -0.39 is 0 Å². The Kier molecular flexibility index (Phi) is 0.867. The fourth-order valence-corrected chi connectivity index (χ4v) is 0.375. The standard InChI is InChI=1S/C3H2N2OS/c6-2-3(7)5-1-4-2/h1H,(H,4,5,6,7). The van der Waals surface area contributed by atoms with Crippen LogP contribution >= 0.6 is 12.2 Å². The van der Waals surface area contributed by atoms with Crippen LogP contribution in [0.1, 0.15) is 0 Å². The highest BCUT2D eigenvalue weighted by Gasteiger charge is 2.09. The first-order valence-corrected chi connectivity index (χ1v) is 2.09. The molecule has 0 bridgehead atoms. The first-order valence-electron chi connectivity index (χ1n) is 1.68. The summed E-state index contributed by atoms with van der Waals surface area (Å²) in [6.07, 6.45) is 1.28. The number of carbonyl (C=O) groups is 1. The van der Waals surface area contributed by atoms with Gasteiger partial charge in [0.1, 0.15) is 0 Å². The van der Waals surface area contributed by atoms with Crippen LogP contribution in [0.25, 0.3) is 0 Å². The van der Waals surface area contributed by atoms with Gasteiger partial charge in [-0.15, -0.1) is 0 Å². The van der Waals surface area contributed by atoms with Crippen molar-refractivity contribution >= 4 is 29.5 Å². The van der Waals surface area contributed by atoms with Crippen LogP contribution in [0.2, 0.25) is 0 Å². The van der Waals surface area contributed by atoms with E-state index in [2.05, 4.69) is 22.5 Å². The van der Waals surface area contributed by atoms with Crippen LogP contribution in [-0.4, -0.2) is 17.2 Å². The second-order valence-electron chi connectivity index (χ2n) is 1.04. The Balaban J connectivity index is 2.81. The Hall–Kier alpha value is -0.770. The molecule has 1 heterocycles. The maximum absolute atomic E-state index is 10.2. The van der Waals surface area contributed by atoms with Gasteiger partial charge in [0.15, 0.2) is 4.99 Å². The van der Waals surface area contributed by atoms with Crippen molar-refractivity contribution in [1.82, 2.24) is 5.32 Å². The lowest BCUT2D eigenvalue weighted by Gasteiger charge is -1.79. The van der Waals surface area contributed by atoms with Crippen LogP contribution in [0.3, 0.4) is 0 Å². The van der Waals surface area contributed by atoms with Gasteiger partial charge >= 0.3 is 5.91 Å². The number of thiocarbonyl (C=S) groups is 1. The lowest BCUT2D eigenvalue weighted by atomic mass is 10.7. The summed E-state index contributed by atoms with van der Waals surface area (Å²) in [7, 11) is 0. The van der Waals surface area contributed by atoms with Gasteiger partial charge in [-0.2, -0.15) is 4.99 Å². The Morgan fingerprint density at radius 3 is 2.71 bits per heavy atom. The average molecular weight is 114 g/mol. The van der Waals surface area contributed by atoms with Gasteiger partial charge < -0.3 is 5.32 Å². The number of nitrogens with zero attached hydrogens (tertiary/aromatic N) is 1. The fraction of sp³-hybridized carbons (Fsp3) is 0. The molecule has 1 aliphatic rings. The highest BCUT2D eigenvalue weighted by molar-refractivity contribution is 7.82. The van der Waals surface area contributed by atoms with Crippen molar-refractivity contribution in [3.05, 3.63) is 0 Å². The van der Waals surface area contributed by atoms with E-state index in [1.165, 1.54) is 6.34 Å². The summed E-state index contributed by atoms with van der Waals surface area (Å²) in [5.41, 5.74) is 0. The molecular formula is C3H2N2OS. The maximum Gasteiger partial charge on any atom is 0.306 e. The highest BCUT2D eigenvalue weighted by atomic mass is 32.1. The molecule has 1 aliphatic heterocycles. The zero-order valence-corrected chi connectivity index (χ0v) is 4.16. The Morgan fingerprint density at radius 2 is 2.57 bits per heavy atom. The smallest absolute Gasteiger partial charge is 0.306 e. The fourth-order valence-electron chi connectivity index (χ4n) is 0.270. The minimum Gasteiger partial charge on any atom is -0.333 e. The molecule has 0 fully saturated rings. The molecule has 1 rings (SSSR count). The summed E-state index contributed by atoms with van der Waals surface area (Å²) in [6.45, 7) is 0. The largest absolute Gasteiger partial charge is 0.333 e. The quantitative estimate of drug-likeness (QED) is 0.430. The van der Waals surface area contributed by atoms with E-state index in [0.29, 0.717) is 0 Å². The topological polar surface area (TPSA) is 41.5 Å². The summed E-state index contributed by atoms with van der Waals surface area (Å²) in [6, 6.07) is 0. The molecule has 0 atom stereocenters. The third-order valence-electron chi connectivity index (χ3n) is 0.572. The number of amides is 1. The second kappa shape index (κ2) is 1.38. The predicted octanol–water partition coefficient (Wildman–Crippen LogP) is -0.528. The van der Waals surface area contributed by atoms with Gasteiger partial charge in [0, 0.05) is 0 Å². The molecule has 0 aromatic rings. The van der Waals surface area contributed by atoms with E-state index >= 15 is 0 Å². The Bertz CT molecular complexity index is 151. The molecule has 0 aromatic carbocycles. The first kappa shape index (κ1) is 4.39. The lowest BCUT2D eigenvalue weighted by Crippen LogP contribution is -2.17. The lowest BCUT2D eigenvalue weighted by molar-refractivity contribution is -0.111. The van der Waals surface area contributed by atoms with Crippen molar-refractivity contribution < 1.29 is 4.79 Å². The summed E-state index contributed by atoms with van der Waals surface area (Å²) >= 11 is 4.46. The van der Waals surface area contributed by atoms with Crippen molar-refractivity contribution in [2.24, 2.45) is 4.99 Å². The molecule has 4 heteroatoms. The number of carbonyl (C=O) groups excluding carboxylic acids is 1. The Labute approximate surface area is 45.4 Å². The van der Waals surface area contributed by atoms with Crippen molar-refractivity contribution in [2.75, 3.05) is 0 Å². The van der Waals surface area contributed by atoms with E-state index in [9.17, 15) is 4.79 Å². The maximum atomic E-state index is 10.2. The van der Waals surface area contributed by atoms with Gasteiger partial charge in [-0.1, -0.05) is 12.2 Å². The molecule has 1 N–H and O–H groups in total. The van der Waals surface area contributed by atoms with Crippen molar-refractivity contribution in [3.63, 3.8) is 0 Å². The summed E-state index contributed by atoms with van der Waals surface area (Å²) in [5, 5.41) is 2.46. The van der Waals surface area contributed by atoms with Crippen molar-refractivity contribution in [1.29, 1.82) is 0 Å². The molecular weight excluding hydrogens is 112 g/mol. The van der Waals surface area contributed by atoms with E-state index in [4.69, 9.17) is 0 Å². The second-order valence-corrected chi connectivity index (χ2v) is 1.45. The van der Waals surface area contributed by atoms with Crippen molar-refractivity contribution in [3.8, 4) is 0 Å². The molecule has 1 amide bonds. The number of nitrogens with one attached hydrogen (secondary N) is 1. The van der Waals surface area contributed by atoms with Gasteiger partial charge in [-0.05, 0) is 0 Å². The van der Waals surface area contributed by atoms with Gasteiger partial charge in [0.2, 0.25) is 0 Å². The Morgan fingerprint density at radius 1 is 1.86 bits per heavy atom. The minimum absolute atomic E-state index is 0.181. The van der Waals surface area contributed by atoms with Crippen LogP contribution in [0.4, 0.5) is 0 Å². The minimum atomic E-state index is -0.352. The molecule has 0 aliphatic carbocycles. The molecule has 36 valence electrons. The van der Waals surface area contributed by atoms with Crippen LogP contribution < -0.4 is 5.32 Å². The van der Waals surface area contributed by atoms with Crippen LogP contribution in [0.5, 0.6) is 0 Å². The summed E-state index contributed by atoms with van der Waals surface area (Å²) in [4.78, 5) is 13.7. The summed E-state index contributed by atoms with van der Waals surface area (Å²) < 4.78 is 0. The molecule has 0 unspecified atom stereocenters. The average Bonchev–Trinajstić information content (AvgIpc) is 1.91. The monoisotopic (exact) mass is 114 g/mol. The van der Waals surface area contributed by atoms with E-state index in [1.807, 2.05) is 0 Å². The molecule has 7 heavy (non-hydrogen) atoms. The van der Waals surface area contributed by atoms with Gasteiger partial charge in [0.05, 0.1) is 6.34 Å². The van der Waals surface area contributed by atoms with Crippen molar-refractivity contribution in [2.45, 2.75) is 0 Å². The van der Waals surface area contributed by atoms with Crippen LogP contribution in [0, 0.1) is 0 Å². The third-order valence-corrected chi connectivity index (χ3v) is 0.864. The van der Waals surface area contributed by atoms with Gasteiger partial charge in [-0.25, -0.2) is 0 Å². The zero-order chi connectivity index (χ0) is 5.28. The number of hydrogen-bond acceptors (Lipinski definition) is 2. The van der Waals surface area contributed by atoms with Crippen LogP contribution in [-0.2, 0) is 4.79 Å². The number of hydrogen-bond donors (Lipinski definition) is 1. The molecule has 0 aromatic heterocycles. The van der Waals surface area contributed by atoms with Gasteiger partial charge in [0.25, 0.3) is 0 Å². The highest BCUT2D eigenvalue weighted by Crippen LogP contribution is 1.82. The molecule has 0 saturated carbocycles. The first-order chi connectivity index (χ1) is 3.30. The zero-order valence-electron chi connectivity index (χ0n) is 3.34.